The van der Waals surface area contributed by atoms with Gasteiger partial charge < -0.3 is 15.2 Å². The zero-order valence-corrected chi connectivity index (χ0v) is 17.6. The molecule has 0 aliphatic carbocycles. The second kappa shape index (κ2) is 8.59. The summed E-state index contributed by atoms with van der Waals surface area (Å²) in [6, 6.07) is 12.1. The molecular weight excluding hydrogens is 394 g/mol. The molecule has 1 atom stereocenters. The van der Waals surface area contributed by atoms with Crippen molar-refractivity contribution in [1.82, 2.24) is 14.9 Å². The first kappa shape index (κ1) is 20.6. The van der Waals surface area contributed by atoms with Crippen LogP contribution >= 0.6 is 0 Å². The molecule has 8 nitrogen and oxygen atoms in total. The number of anilines is 2. The molecule has 2 aromatic carbocycles. The Morgan fingerprint density at radius 3 is 2.61 bits per heavy atom. The number of rotatable bonds is 1. The van der Waals surface area contributed by atoms with Gasteiger partial charge in [0.05, 0.1) is 16.7 Å². The van der Waals surface area contributed by atoms with Crippen molar-refractivity contribution in [2.24, 2.45) is 0 Å². The summed E-state index contributed by atoms with van der Waals surface area (Å²) in [6.45, 7) is 4.09. The molecule has 8 heteroatoms. The van der Waals surface area contributed by atoms with Gasteiger partial charge >= 0.3 is 0 Å². The van der Waals surface area contributed by atoms with Crippen molar-refractivity contribution < 1.29 is 14.4 Å². The van der Waals surface area contributed by atoms with Gasteiger partial charge in [0.2, 0.25) is 11.9 Å². The highest BCUT2D eigenvalue weighted by Crippen LogP contribution is 2.32. The van der Waals surface area contributed by atoms with Crippen molar-refractivity contribution in [3.63, 3.8) is 0 Å². The summed E-state index contributed by atoms with van der Waals surface area (Å²) < 4.78 is 1.98. The Morgan fingerprint density at radius 1 is 1.10 bits per heavy atom. The number of amides is 3. The second-order valence-corrected chi connectivity index (χ2v) is 7.80. The fraction of sp³-hybridized carbons (Fsp3) is 0.304. The number of nitrogens with one attached hydrogen (secondary N) is 3. The van der Waals surface area contributed by atoms with Gasteiger partial charge in [-0.25, -0.2) is 4.98 Å². The molecule has 160 valence electrons. The summed E-state index contributed by atoms with van der Waals surface area (Å²) in [4.78, 5) is 41.7. The smallest absolute Gasteiger partial charge is 0.257 e. The lowest BCUT2D eigenvalue weighted by atomic mass is 10.1. The van der Waals surface area contributed by atoms with E-state index < -0.39 is 0 Å². The van der Waals surface area contributed by atoms with Gasteiger partial charge in [-0.05, 0) is 56.5 Å². The van der Waals surface area contributed by atoms with E-state index in [1.807, 2.05) is 22.8 Å². The molecule has 31 heavy (non-hydrogen) atoms. The Bertz CT molecular complexity index is 1170. The number of carbonyl (C=O) groups excluding carboxylic acids is 3. The number of fused-ring (bicyclic) bond motifs is 5. The molecule has 0 radical (unpaired) electrons. The van der Waals surface area contributed by atoms with Crippen molar-refractivity contribution in [3.8, 4) is 0 Å². The minimum absolute atomic E-state index is 0.0141. The normalized spacial score (nSPS) is 17.3. The van der Waals surface area contributed by atoms with Gasteiger partial charge in [-0.3, -0.25) is 19.7 Å². The molecule has 1 aromatic heterocycles. The molecule has 0 saturated carbocycles. The second-order valence-electron chi connectivity index (χ2n) is 7.80. The van der Waals surface area contributed by atoms with Gasteiger partial charge in [-0.1, -0.05) is 12.1 Å². The van der Waals surface area contributed by atoms with Crippen molar-refractivity contribution in [2.75, 3.05) is 17.2 Å². The Hall–Kier alpha value is -3.68. The standard InChI is InChI=1S/C23H25N5O3/c1-14-7-3-4-12-24-21(30)16-8-5-9-17(13-16)22(31)27-23-26-19-11-6-10-18(25-15(2)29)20(19)28(14)23/h5-6,8-11,13-14H,3-4,7,12H2,1-2H3,(H,24,30)(H,25,29)(H,26,27,31). The molecule has 0 spiro atoms. The van der Waals surface area contributed by atoms with Crippen molar-refractivity contribution in [3.05, 3.63) is 53.6 Å². The number of carbonyl (C=O) groups is 3. The molecule has 1 aliphatic heterocycles. The third kappa shape index (κ3) is 4.28. The number of nitrogens with zero attached hydrogens (tertiary/aromatic N) is 2. The lowest BCUT2D eigenvalue weighted by molar-refractivity contribution is -0.114. The van der Waals surface area contributed by atoms with Crippen LogP contribution < -0.4 is 16.0 Å². The lowest BCUT2D eigenvalue weighted by Crippen LogP contribution is -2.25. The summed E-state index contributed by atoms with van der Waals surface area (Å²) in [5.41, 5.74) is 2.93. The van der Waals surface area contributed by atoms with Crippen LogP contribution in [0.25, 0.3) is 11.0 Å². The Balaban J connectivity index is 1.83. The molecule has 3 amide bonds. The van der Waals surface area contributed by atoms with Gasteiger partial charge in [0.1, 0.15) is 0 Å². The molecule has 1 unspecified atom stereocenters. The topological polar surface area (TPSA) is 105 Å². The maximum absolute atomic E-state index is 13.0. The van der Waals surface area contributed by atoms with Crippen LogP contribution in [-0.2, 0) is 4.79 Å². The van der Waals surface area contributed by atoms with E-state index in [1.165, 1.54) is 6.92 Å². The van der Waals surface area contributed by atoms with Gasteiger partial charge in [0.25, 0.3) is 11.8 Å². The van der Waals surface area contributed by atoms with E-state index in [0.717, 1.165) is 24.8 Å². The van der Waals surface area contributed by atoms with Crippen LogP contribution in [-0.4, -0.2) is 33.8 Å². The predicted molar refractivity (Wildman–Crippen MR) is 119 cm³/mol. The third-order valence-corrected chi connectivity index (χ3v) is 5.41. The summed E-state index contributed by atoms with van der Waals surface area (Å²) >= 11 is 0. The first-order valence-electron chi connectivity index (χ1n) is 10.4. The van der Waals surface area contributed by atoms with E-state index in [0.29, 0.717) is 34.8 Å². The van der Waals surface area contributed by atoms with Crippen molar-refractivity contribution >= 4 is 40.4 Å². The van der Waals surface area contributed by atoms with E-state index >= 15 is 0 Å². The van der Waals surface area contributed by atoms with Gasteiger partial charge in [-0.15, -0.1) is 0 Å². The monoisotopic (exact) mass is 419 g/mol. The number of para-hydroxylation sites is 1. The molecular formula is C23H25N5O3. The lowest BCUT2D eigenvalue weighted by Gasteiger charge is -2.20. The van der Waals surface area contributed by atoms with Crippen LogP contribution in [0.2, 0.25) is 0 Å². The summed E-state index contributed by atoms with van der Waals surface area (Å²) in [5.74, 6) is -0.297. The predicted octanol–water partition coefficient (Wildman–Crippen LogP) is 3.72. The van der Waals surface area contributed by atoms with Crippen LogP contribution in [0.15, 0.2) is 42.5 Å². The van der Waals surface area contributed by atoms with E-state index in [1.54, 1.807) is 24.3 Å². The van der Waals surface area contributed by atoms with Crippen LogP contribution in [0.4, 0.5) is 11.6 Å². The molecule has 4 rings (SSSR count). The molecule has 0 saturated heterocycles. The van der Waals surface area contributed by atoms with Gasteiger partial charge in [0.15, 0.2) is 0 Å². The van der Waals surface area contributed by atoms with Gasteiger partial charge in [0, 0.05) is 30.6 Å². The highest BCUT2D eigenvalue weighted by molar-refractivity contribution is 6.07. The summed E-state index contributed by atoms with van der Waals surface area (Å²) in [7, 11) is 0. The molecule has 1 aliphatic rings. The maximum atomic E-state index is 13.0. The average Bonchev–Trinajstić information content (AvgIpc) is 3.11. The highest BCUT2D eigenvalue weighted by Gasteiger charge is 2.21. The van der Waals surface area contributed by atoms with E-state index in [9.17, 15) is 14.4 Å². The van der Waals surface area contributed by atoms with E-state index in [2.05, 4.69) is 27.9 Å². The molecule has 3 N–H and O–H groups in total. The Morgan fingerprint density at radius 2 is 1.84 bits per heavy atom. The molecule has 0 fully saturated rings. The fourth-order valence-electron chi connectivity index (χ4n) is 3.93. The van der Waals surface area contributed by atoms with Gasteiger partial charge in [-0.2, -0.15) is 0 Å². The van der Waals surface area contributed by atoms with Crippen LogP contribution in [0.1, 0.15) is 59.9 Å². The third-order valence-electron chi connectivity index (χ3n) is 5.41. The molecule has 3 aromatic rings. The first-order chi connectivity index (χ1) is 14.9. The fourth-order valence-corrected chi connectivity index (χ4v) is 3.93. The minimum Gasteiger partial charge on any atom is -0.352 e. The van der Waals surface area contributed by atoms with Crippen LogP contribution in [0, 0.1) is 0 Å². The van der Waals surface area contributed by atoms with E-state index in [-0.39, 0.29) is 23.8 Å². The number of hydrogen-bond donors (Lipinski definition) is 3. The van der Waals surface area contributed by atoms with Crippen LogP contribution in [0.5, 0.6) is 0 Å². The summed E-state index contributed by atoms with van der Waals surface area (Å²) in [5, 5.41) is 8.69. The molecule has 2 bridgehead atoms. The minimum atomic E-state index is -0.350. The number of imidazole rings is 1. The zero-order valence-electron chi connectivity index (χ0n) is 17.6. The average molecular weight is 419 g/mol. The maximum Gasteiger partial charge on any atom is 0.257 e. The Labute approximate surface area is 180 Å². The Kier molecular flexibility index (Phi) is 5.70. The quantitative estimate of drug-likeness (QED) is 0.559. The number of hydrogen-bond acceptors (Lipinski definition) is 4. The van der Waals surface area contributed by atoms with Crippen molar-refractivity contribution in [2.45, 2.75) is 39.2 Å². The largest absolute Gasteiger partial charge is 0.352 e. The van der Waals surface area contributed by atoms with E-state index in [4.69, 9.17) is 0 Å². The SMILES string of the molecule is CC(=O)Nc1cccc2nc3n(c12)C(C)CCCCNC(=O)c1cccc(c1)C(=O)N3. The highest BCUT2D eigenvalue weighted by atomic mass is 16.2. The van der Waals surface area contributed by atoms with Crippen molar-refractivity contribution in [1.29, 1.82) is 0 Å². The summed E-state index contributed by atoms with van der Waals surface area (Å²) in [6.07, 6.45) is 2.55. The number of benzene rings is 2. The number of aromatic nitrogens is 2. The molecule has 2 heterocycles. The van der Waals surface area contributed by atoms with Crippen LogP contribution in [0.3, 0.4) is 0 Å². The zero-order chi connectivity index (χ0) is 22.0. The first-order valence-corrected chi connectivity index (χ1v) is 10.4.